The van der Waals surface area contributed by atoms with Crippen LogP contribution in [-0.4, -0.2) is 72.8 Å². The average molecular weight is 620 g/mol. The van der Waals surface area contributed by atoms with Gasteiger partial charge in [-0.25, -0.2) is 19.7 Å². The summed E-state index contributed by atoms with van der Waals surface area (Å²) in [7, 11) is 0. The number of pyridine rings is 1. The molecule has 1 saturated heterocycles. The maximum Gasteiger partial charge on any atom is 0.407 e. The number of halogens is 1. The van der Waals surface area contributed by atoms with Crippen LogP contribution in [0.25, 0.3) is 11.3 Å². The molecule has 0 aliphatic carbocycles. The van der Waals surface area contributed by atoms with Crippen LogP contribution in [0.15, 0.2) is 53.4 Å². The molecule has 0 unspecified atom stereocenters. The van der Waals surface area contributed by atoms with Gasteiger partial charge < -0.3 is 30.1 Å². The lowest BCUT2D eigenvalue weighted by Crippen LogP contribution is -2.53. The van der Waals surface area contributed by atoms with E-state index in [0.29, 0.717) is 47.8 Å². The van der Waals surface area contributed by atoms with Gasteiger partial charge in [0.05, 0.1) is 23.6 Å². The minimum atomic E-state index is -0.897. The summed E-state index contributed by atoms with van der Waals surface area (Å²) in [5.41, 5.74) is 2.71. The average Bonchev–Trinajstić information content (AvgIpc) is 3.49. The van der Waals surface area contributed by atoms with E-state index in [9.17, 15) is 14.7 Å². The predicted molar refractivity (Wildman–Crippen MR) is 165 cm³/mol. The molecule has 1 aliphatic heterocycles. The Labute approximate surface area is 259 Å². The van der Waals surface area contributed by atoms with E-state index in [1.165, 1.54) is 11.2 Å². The summed E-state index contributed by atoms with van der Waals surface area (Å²) in [6.45, 7) is 11.1. The minimum absolute atomic E-state index is 0.0364. The van der Waals surface area contributed by atoms with Crippen LogP contribution in [0.3, 0.4) is 0 Å². The Kier molecular flexibility index (Phi) is 8.68. The van der Waals surface area contributed by atoms with Crippen LogP contribution in [0.1, 0.15) is 62.7 Å². The molecule has 0 spiro atoms. The number of benzene rings is 1. The van der Waals surface area contributed by atoms with E-state index >= 15 is 0 Å². The lowest BCUT2D eigenvalue weighted by molar-refractivity contribution is 0.0895. The maximum absolute atomic E-state index is 12.7. The van der Waals surface area contributed by atoms with Crippen molar-refractivity contribution < 1.29 is 19.2 Å². The van der Waals surface area contributed by atoms with Gasteiger partial charge in [-0.2, -0.15) is 4.98 Å². The molecule has 4 aromatic rings. The third-order valence-corrected chi connectivity index (χ3v) is 7.63. The van der Waals surface area contributed by atoms with Crippen LogP contribution in [0.4, 0.5) is 22.1 Å². The fourth-order valence-corrected chi connectivity index (χ4v) is 5.20. The molecule has 0 radical (unpaired) electrons. The van der Waals surface area contributed by atoms with E-state index < -0.39 is 18.0 Å². The highest BCUT2D eigenvalue weighted by atomic mass is 35.5. The van der Waals surface area contributed by atoms with Crippen molar-refractivity contribution in [3.8, 4) is 11.3 Å². The molecule has 1 aliphatic rings. The van der Waals surface area contributed by atoms with Crippen molar-refractivity contribution in [1.82, 2.24) is 35.3 Å². The zero-order valence-corrected chi connectivity index (χ0v) is 25.8. The number of rotatable bonds is 7. The van der Waals surface area contributed by atoms with E-state index in [0.717, 1.165) is 16.8 Å². The van der Waals surface area contributed by atoms with Crippen molar-refractivity contribution in [2.45, 2.75) is 52.1 Å². The van der Waals surface area contributed by atoms with Gasteiger partial charge in [-0.3, -0.25) is 4.79 Å². The fraction of sp³-hybridized carbons (Fsp3) is 0.367. The Hall–Kier alpha value is -4.78. The molecule has 0 saturated carbocycles. The van der Waals surface area contributed by atoms with Gasteiger partial charge in [-0.15, -0.1) is 0 Å². The highest BCUT2D eigenvalue weighted by Crippen LogP contribution is 2.30. The number of hydrogen-bond donors (Lipinski definition) is 3. The van der Waals surface area contributed by atoms with Gasteiger partial charge in [-0.1, -0.05) is 49.7 Å². The number of amides is 2. The Morgan fingerprint density at radius 1 is 1.09 bits per heavy atom. The Morgan fingerprint density at radius 2 is 1.89 bits per heavy atom. The van der Waals surface area contributed by atoms with Crippen LogP contribution in [0.5, 0.6) is 0 Å². The summed E-state index contributed by atoms with van der Waals surface area (Å²) in [5, 5.41) is 19.7. The lowest BCUT2D eigenvalue weighted by Gasteiger charge is -2.39. The molecular weight excluding hydrogens is 586 g/mol. The van der Waals surface area contributed by atoms with Crippen LogP contribution in [-0.2, 0) is 5.41 Å². The second kappa shape index (κ2) is 12.4. The molecular formula is C30H34ClN9O4. The molecule has 3 aromatic heterocycles. The normalized spacial score (nSPS) is 16.0. The van der Waals surface area contributed by atoms with Gasteiger partial charge in [0.1, 0.15) is 18.0 Å². The molecule has 2 atom stereocenters. The number of piperazine rings is 1. The first-order valence-corrected chi connectivity index (χ1v) is 14.5. The molecule has 44 heavy (non-hydrogen) atoms. The van der Waals surface area contributed by atoms with Crippen molar-refractivity contribution in [2.75, 3.05) is 29.9 Å². The van der Waals surface area contributed by atoms with E-state index in [-0.39, 0.29) is 17.3 Å². The van der Waals surface area contributed by atoms with Gasteiger partial charge in [0.15, 0.2) is 5.82 Å². The Bertz CT molecular complexity index is 1650. The third-order valence-electron chi connectivity index (χ3n) is 7.30. The van der Waals surface area contributed by atoms with Crippen LogP contribution < -0.4 is 15.5 Å². The van der Waals surface area contributed by atoms with Gasteiger partial charge >= 0.3 is 17.9 Å². The van der Waals surface area contributed by atoms with Gasteiger partial charge in [0.2, 0.25) is 0 Å². The third kappa shape index (κ3) is 6.88. The Balaban J connectivity index is 1.23. The quantitative estimate of drug-likeness (QED) is 0.246. The molecule has 4 heterocycles. The maximum atomic E-state index is 12.7. The topological polar surface area (TPSA) is 162 Å². The van der Waals surface area contributed by atoms with Gasteiger partial charge in [-0.05, 0) is 37.6 Å². The molecule has 14 heteroatoms. The van der Waals surface area contributed by atoms with Crippen molar-refractivity contribution in [2.24, 2.45) is 0 Å². The lowest BCUT2D eigenvalue weighted by atomic mass is 9.96. The van der Waals surface area contributed by atoms with Crippen molar-refractivity contribution in [3.05, 3.63) is 71.2 Å². The number of nitrogens with one attached hydrogen (secondary N) is 2. The molecule has 1 fully saturated rings. The fourth-order valence-electron chi connectivity index (χ4n) is 4.85. The molecule has 3 N–H and O–H groups in total. The molecule has 0 bridgehead atoms. The zero-order chi connectivity index (χ0) is 31.6. The summed E-state index contributed by atoms with van der Waals surface area (Å²) in [5.74, 6) is 1.02. The summed E-state index contributed by atoms with van der Waals surface area (Å²) in [6.07, 6.45) is 2.32. The number of carbonyl (C=O) groups is 2. The smallest absolute Gasteiger partial charge is 0.407 e. The monoisotopic (exact) mass is 619 g/mol. The Morgan fingerprint density at radius 3 is 2.52 bits per heavy atom. The molecule has 1 aromatic carbocycles. The van der Waals surface area contributed by atoms with Gasteiger partial charge in [0, 0.05) is 47.7 Å². The first kappa shape index (κ1) is 30.7. The second-order valence-corrected chi connectivity index (χ2v) is 12.1. The number of nitrogens with zero attached hydrogens (tertiary/aromatic N) is 7. The zero-order valence-electron chi connectivity index (χ0n) is 25.1. The highest BCUT2D eigenvalue weighted by molar-refractivity contribution is 6.31. The number of hydrogen-bond acceptors (Lipinski definition) is 10. The van der Waals surface area contributed by atoms with E-state index in [1.54, 1.807) is 18.3 Å². The van der Waals surface area contributed by atoms with E-state index in [4.69, 9.17) is 16.1 Å². The number of aromatic nitrogens is 5. The van der Waals surface area contributed by atoms with Crippen molar-refractivity contribution in [1.29, 1.82) is 0 Å². The number of carboxylic acid groups (broad SMARTS) is 1. The SMILES string of the molecule is C[C@@H](NC(=O)c1nc(C(C)(C)C)no1)c1ccc(-c2cc(Nc3ccc(N4CCN(C(=O)O)C[C@@H]4C)cn3)ncn2)cc1Cl. The minimum Gasteiger partial charge on any atom is -0.465 e. The first-order chi connectivity index (χ1) is 20.9. The standard InChI is InChI=1S/C30H34ClN9O4/c1-17-15-39(29(42)43)10-11-40(17)20-7-9-24(32-14-20)36-25-13-23(33-16-34-25)19-6-8-21(22(31)12-19)18(2)35-26(41)27-37-28(38-44-27)30(3,4)5/h6-9,12-14,16-18H,10-11,15H2,1-5H3,(H,35,41)(H,42,43)(H,32,33,34,36)/t17-,18+/m0/s1. The number of carbonyl (C=O) groups excluding carboxylic acids is 1. The van der Waals surface area contributed by atoms with Crippen LogP contribution in [0, 0.1) is 0 Å². The molecule has 2 amide bonds. The molecule has 5 rings (SSSR count). The van der Waals surface area contributed by atoms with Gasteiger partial charge in [0.25, 0.3) is 0 Å². The molecule has 230 valence electrons. The summed E-state index contributed by atoms with van der Waals surface area (Å²) in [6, 6.07) is 10.7. The number of anilines is 3. The van der Waals surface area contributed by atoms with Crippen LogP contribution in [0.2, 0.25) is 5.02 Å². The van der Waals surface area contributed by atoms with E-state index in [1.807, 2.05) is 58.9 Å². The predicted octanol–water partition coefficient (Wildman–Crippen LogP) is 5.30. The van der Waals surface area contributed by atoms with Crippen molar-refractivity contribution in [3.63, 3.8) is 0 Å². The molecule has 13 nitrogen and oxygen atoms in total. The van der Waals surface area contributed by atoms with Crippen LogP contribution >= 0.6 is 11.6 Å². The summed E-state index contributed by atoms with van der Waals surface area (Å²) < 4.78 is 5.15. The van der Waals surface area contributed by atoms with Crippen molar-refractivity contribution >= 4 is 40.9 Å². The summed E-state index contributed by atoms with van der Waals surface area (Å²) in [4.78, 5) is 45.0. The largest absolute Gasteiger partial charge is 0.465 e. The summed E-state index contributed by atoms with van der Waals surface area (Å²) >= 11 is 6.64. The first-order valence-electron chi connectivity index (χ1n) is 14.1. The highest BCUT2D eigenvalue weighted by Gasteiger charge is 2.27. The van der Waals surface area contributed by atoms with E-state index in [2.05, 4.69) is 40.6 Å². The second-order valence-electron chi connectivity index (χ2n) is 11.7.